The molecule has 18 heavy (non-hydrogen) atoms. The van der Waals surface area contributed by atoms with E-state index in [-0.39, 0.29) is 12.0 Å². The van der Waals surface area contributed by atoms with Gasteiger partial charge in [-0.05, 0) is 38.5 Å². The molecule has 0 spiro atoms. The fraction of sp³-hybridized carbons (Fsp3) is 0.929. The zero-order chi connectivity index (χ0) is 12.8. The summed E-state index contributed by atoms with van der Waals surface area (Å²) in [5.74, 6) is 1.39. The van der Waals surface area contributed by atoms with Gasteiger partial charge in [0.05, 0.1) is 6.61 Å². The van der Waals surface area contributed by atoms with Gasteiger partial charge in [0.15, 0.2) is 5.79 Å². The van der Waals surface area contributed by atoms with Crippen LogP contribution in [0.5, 0.6) is 0 Å². The number of carbonyl (C=O) groups excluding carboxylic acids is 1. The number of amides is 1. The van der Waals surface area contributed by atoms with Gasteiger partial charge in [-0.15, -0.1) is 0 Å². The minimum atomic E-state index is -0.497. The van der Waals surface area contributed by atoms with Crippen LogP contribution >= 0.6 is 0 Å². The average Bonchev–Trinajstić information content (AvgIpc) is 2.97. The maximum atomic E-state index is 12.1. The summed E-state index contributed by atoms with van der Waals surface area (Å²) in [5, 5.41) is 3.04. The summed E-state index contributed by atoms with van der Waals surface area (Å²) >= 11 is 0. The van der Waals surface area contributed by atoms with Crippen LogP contribution in [0.15, 0.2) is 0 Å². The Bertz CT molecular complexity index is 330. The van der Waals surface area contributed by atoms with Crippen molar-refractivity contribution in [2.24, 2.45) is 17.8 Å². The van der Waals surface area contributed by atoms with E-state index < -0.39 is 5.79 Å². The number of ether oxygens (including phenoxy) is 2. The van der Waals surface area contributed by atoms with Crippen molar-refractivity contribution in [3.8, 4) is 0 Å². The molecule has 2 aliphatic carbocycles. The van der Waals surface area contributed by atoms with Gasteiger partial charge in [0.1, 0.15) is 6.10 Å². The van der Waals surface area contributed by atoms with Crippen LogP contribution in [-0.4, -0.2) is 30.9 Å². The second-order valence-electron chi connectivity index (χ2n) is 6.33. The van der Waals surface area contributed by atoms with Gasteiger partial charge in [-0.25, -0.2) is 0 Å². The van der Waals surface area contributed by atoms with Gasteiger partial charge in [-0.2, -0.15) is 0 Å². The summed E-state index contributed by atoms with van der Waals surface area (Å²) in [6.45, 7) is 4.97. The van der Waals surface area contributed by atoms with E-state index in [1.807, 2.05) is 13.8 Å². The van der Waals surface area contributed by atoms with Crippen LogP contribution in [0.3, 0.4) is 0 Å². The summed E-state index contributed by atoms with van der Waals surface area (Å²) in [6, 6.07) is 0. The highest BCUT2D eigenvalue weighted by atomic mass is 16.7. The normalized spacial score (nSPS) is 41.2. The summed E-state index contributed by atoms with van der Waals surface area (Å²) in [7, 11) is 0. The SMILES string of the molecule is CC1(C)OCC(CNC(=O)C2C3CCCCC32)O1. The Hall–Kier alpha value is -0.610. The van der Waals surface area contributed by atoms with Gasteiger partial charge in [0.2, 0.25) is 5.91 Å². The first kappa shape index (κ1) is 12.4. The molecule has 0 aromatic rings. The first-order chi connectivity index (χ1) is 8.57. The van der Waals surface area contributed by atoms with Crippen molar-refractivity contribution in [3.63, 3.8) is 0 Å². The molecule has 1 aliphatic heterocycles. The summed E-state index contributed by atoms with van der Waals surface area (Å²) < 4.78 is 11.2. The van der Waals surface area contributed by atoms with Crippen LogP contribution < -0.4 is 5.32 Å². The van der Waals surface area contributed by atoms with E-state index in [1.165, 1.54) is 25.7 Å². The highest BCUT2D eigenvalue weighted by Gasteiger charge is 2.54. The lowest BCUT2D eigenvalue weighted by molar-refractivity contribution is -0.139. The fourth-order valence-electron chi connectivity index (χ4n) is 3.58. The van der Waals surface area contributed by atoms with Crippen molar-refractivity contribution in [1.29, 1.82) is 0 Å². The maximum absolute atomic E-state index is 12.1. The van der Waals surface area contributed by atoms with Crippen LogP contribution in [0, 0.1) is 17.8 Å². The van der Waals surface area contributed by atoms with Crippen LogP contribution in [0.25, 0.3) is 0 Å². The largest absolute Gasteiger partial charge is 0.353 e. The van der Waals surface area contributed by atoms with E-state index in [0.717, 1.165) is 0 Å². The predicted octanol–water partition coefficient (Wildman–Crippen LogP) is 1.69. The zero-order valence-corrected chi connectivity index (χ0v) is 11.3. The summed E-state index contributed by atoms with van der Waals surface area (Å²) in [4.78, 5) is 12.1. The third-order valence-electron chi connectivity index (χ3n) is 4.53. The van der Waals surface area contributed by atoms with Gasteiger partial charge >= 0.3 is 0 Å². The average molecular weight is 253 g/mol. The summed E-state index contributed by atoms with van der Waals surface area (Å²) in [5.41, 5.74) is 0. The van der Waals surface area contributed by atoms with Gasteiger partial charge in [-0.1, -0.05) is 12.8 Å². The first-order valence-corrected chi connectivity index (χ1v) is 7.16. The molecule has 3 unspecified atom stereocenters. The van der Waals surface area contributed by atoms with Crippen LogP contribution in [-0.2, 0) is 14.3 Å². The lowest BCUT2D eigenvalue weighted by Gasteiger charge is -2.17. The lowest BCUT2D eigenvalue weighted by atomic mass is 10.0. The van der Waals surface area contributed by atoms with Crippen LogP contribution in [0.2, 0.25) is 0 Å². The van der Waals surface area contributed by atoms with Crippen molar-refractivity contribution in [1.82, 2.24) is 5.32 Å². The second kappa shape index (κ2) is 4.49. The standard InChI is InChI=1S/C14H23NO3/c1-14(2)17-8-9(18-14)7-15-13(16)12-10-5-3-4-6-11(10)12/h9-12H,3-8H2,1-2H3,(H,15,16). The third-order valence-corrected chi connectivity index (χ3v) is 4.53. The van der Waals surface area contributed by atoms with E-state index in [4.69, 9.17) is 9.47 Å². The van der Waals surface area contributed by atoms with Crippen LogP contribution in [0.4, 0.5) is 0 Å². The molecule has 4 nitrogen and oxygen atoms in total. The highest BCUT2D eigenvalue weighted by molar-refractivity contribution is 5.82. The monoisotopic (exact) mass is 253 g/mol. The molecule has 0 radical (unpaired) electrons. The number of fused-ring (bicyclic) bond motifs is 1. The topological polar surface area (TPSA) is 47.6 Å². The van der Waals surface area contributed by atoms with Crippen LogP contribution in [0.1, 0.15) is 39.5 Å². The van der Waals surface area contributed by atoms with E-state index in [9.17, 15) is 4.79 Å². The number of nitrogens with one attached hydrogen (secondary N) is 1. The van der Waals surface area contributed by atoms with Crippen molar-refractivity contribution >= 4 is 5.91 Å². The van der Waals surface area contributed by atoms with Gasteiger partial charge < -0.3 is 14.8 Å². The molecule has 0 aromatic carbocycles. The molecule has 3 atom stereocenters. The lowest BCUT2D eigenvalue weighted by Crippen LogP contribution is -2.35. The Morgan fingerprint density at radius 2 is 1.94 bits per heavy atom. The molecule has 1 heterocycles. The Morgan fingerprint density at radius 3 is 2.50 bits per heavy atom. The Kier molecular flexibility index (Phi) is 3.10. The molecule has 1 N–H and O–H groups in total. The Labute approximate surface area is 108 Å². The van der Waals surface area contributed by atoms with E-state index in [1.54, 1.807) is 0 Å². The maximum Gasteiger partial charge on any atom is 0.223 e. The van der Waals surface area contributed by atoms with Crippen molar-refractivity contribution in [3.05, 3.63) is 0 Å². The minimum absolute atomic E-state index is 0.00438. The second-order valence-corrected chi connectivity index (χ2v) is 6.33. The van der Waals surface area contributed by atoms with Crippen molar-refractivity contribution < 1.29 is 14.3 Å². The molecule has 4 heteroatoms. The molecule has 0 aromatic heterocycles. The molecule has 3 rings (SSSR count). The quantitative estimate of drug-likeness (QED) is 0.832. The minimum Gasteiger partial charge on any atom is -0.353 e. The number of hydrogen-bond acceptors (Lipinski definition) is 3. The number of hydrogen-bond donors (Lipinski definition) is 1. The molecule has 1 amide bonds. The van der Waals surface area contributed by atoms with Gasteiger partial charge in [0.25, 0.3) is 0 Å². The predicted molar refractivity (Wildman–Crippen MR) is 66.9 cm³/mol. The van der Waals surface area contributed by atoms with E-state index >= 15 is 0 Å². The third kappa shape index (κ3) is 2.41. The molecular formula is C14H23NO3. The molecule has 3 fully saturated rings. The van der Waals surface area contributed by atoms with Gasteiger partial charge in [-0.3, -0.25) is 4.79 Å². The molecule has 3 aliphatic rings. The van der Waals surface area contributed by atoms with Crippen molar-refractivity contribution in [2.45, 2.75) is 51.4 Å². The molecule has 102 valence electrons. The smallest absolute Gasteiger partial charge is 0.223 e. The van der Waals surface area contributed by atoms with Crippen molar-refractivity contribution in [2.75, 3.05) is 13.2 Å². The first-order valence-electron chi connectivity index (χ1n) is 7.16. The molecular weight excluding hydrogens is 230 g/mol. The Morgan fingerprint density at radius 1 is 1.28 bits per heavy atom. The molecule has 1 saturated heterocycles. The number of carbonyl (C=O) groups is 1. The molecule has 0 bridgehead atoms. The van der Waals surface area contributed by atoms with Gasteiger partial charge in [0, 0.05) is 12.5 Å². The highest BCUT2D eigenvalue weighted by Crippen LogP contribution is 2.55. The Balaban J connectivity index is 1.43. The van der Waals surface area contributed by atoms with E-state index in [0.29, 0.717) is 30.9 Å². The summed E-state index contributed by atoms with van der Waals surface area (Å²) in [6.07, 6.45) is 5.11. The number of rotatable bonds is 3. The zero-order valence-electron chi connectivity index (χ0n) is 11.3. The molecule has 2 saturated carbocycles. The fourth-order valence-corrected chi connectivity index (χ4v) is 3.58. The van der Waals surface area contributed by atoms with E-state index in [2.05, 4.69) is 5.32 Å².